The molecule has 0 aromatic heterocycles. The molecule has 4 rings (SSSR count). The van der Waals surface area contributed by atoms with Crippen LogP contribution in [0.15, 0.2) is 60.8 Å². The minimum absolute atomic E-state index is 0.159. The number of amides is 1. The van der Waals surface area contributed by atoms with Gasteiger partial charge in [-0.05, 0) is 47.6 Å². The van der Waals surface area contributed by atoms with E-state index in [1.54, 1.807) is 0 Å². The van der Waals surface area contributed by atoms with Gasteiger partial charge in [-0.3, -0.25) is 4.79 Å². The Hall–Kier alpha value is -2.30. The second-order valence-corrected chi connectivity index (χ2v) is 9.52. The number of nitrogens with one attached hydrogen (secondary N) is 2. The van der Waals surface area contributed by atoms with Crippen LogP contribution < -0.4 is 10.6 Å². The van der Waals surface area contributed by atoms with Crippen LogP contribution in [0.25, 0.3) is 0 Å². The van der Waals surface area contributed by atoms with Crippen LogP contribution >= 0.6 is 11.6 Å². The van der Waals surface area contributed by atoms with Gasteiger partial charge in [0, 0.05) is 49.2 Å². The molecule has 2 aromatic carbocycles. The molecule has 1 aliphatic heterocycles. The molecular weight excluding hydrogens is 418 g/mol. The number of halogens is 1. The lowest BCUT2D eigenvalue weighted by atomic mass is 9.73. The molecule has 0 bridgehead atoms. The summed E-state index contributed by atoms with van der Waals surface area (Å²) in [7, 11) is 0. The fourth-order valence-corrected chi connectivity index (χ4v) is 5.24. The molecule has 1 aliphatic carbocycles. The minimum atomic E-state index is -0.323. The van der Waals surface area contributed by atoms with E-state index in [0.717, 1.165) is 56.7 Å². The second-order valence-electron chi connectivity index (χ2n) is 9.08. The summed E-state index contributed by atoms with van der Waals surface area (Å²) in [6.07, 6.45) is 3.79. The number of allylic oxidation sites excluding steroid dienone is 1. The van der Waals surface area contributed by atoms with Gasteiger partial charge in [-0.25, -0.2) is 0 Å². The van der Waals surface area contributed by atoms with Gasteiger partial charge in [-0.15, -0.1) is 0 Å². The Balaban J connectivity index is 1.53. The zero-order valence-corrected chi connectivity index (χ0v) is 19.7. The van der Waals surface area contributed by atoms with E-state index in [-0.39, 0.29) is 11.9 Å². The summed E-state index contributed by atoms with van der Waals surface area (Å²) < 4.78 is 0. The molecule has 2 aromatic rings. The monoisotopic (exact) mass is 451 g/mol. The molecule has 1 fully saturated rings. The summed E-state index contributed by atoms with van der Waals surface area (Å²) in [5.41, 5.74) is 4.96. The summed E-state index contributed by atoms with van der Waals surface area (Å²) >= 11 is 6.08. The van der Waals surface area contributed by atoms with Gasteiger partial charge in [0.15, 0.2) is 0 Å². The summed E-state index contributed by atoms with van der Waals surface area (Å²) in [4.78, 5) is 15.5. The summed E-state index contributed by atoms with van der Waals surface area (Å²) in [5, 5.41) is 7.65. The average Bonchev–Trinajstić information content (AvgIpc) is 2.84. The number of fused-ring (bicyclic) bond motifs is 1. The number of piperazine rings is 1. The highest BCUT2D eigenvalue weighted by Crippen LogP contribution is 2.35. The first-order valence-electron chi connectivity index (χ1n) is 11.8. The van der Waals surface area contributed by atoms with Crippen molar-refractivity contribution < 1.29 is 4.79 Å². The summed E-state index contributed by atoms with van der Waals surface area (Å²) in [5.74, 6) is 1.03. The SMILES string of the molecule is C=C(NC(Cc1ccc(Cl)cc1)C(=O)N1CCNCC1)C1Cc2ccccc2CC1CC. The van der Waals surface area contributed by atoms with Crippen molar-refractivity contribution in [2.24, 2.45) is 11.8 Å². The van der Waals surface area contributed by atoms with E-state index in [2.05, 4.69) is 48.4 Å². The first kappa shape index (κ1) is 22.9. The van der Waals surface area contributed by atoms with E-state index in [9.17, 15) is 4.79 Å². The Morgan fingerprint density at radius 1 is 1.12 bits per heavy atom. The molecule has 3 unspecified atom stereocenters. The van der Waals surface area contributed by atoms with Crippen LogP contribution in [0.1, 0.15) is 30.0 Å². The summed E-state index contributed by atoms with van der Waals surface area (Å²) in [6.45, 7) is 9.90. The highest BCUT2D eigenvalue weighted by Gasteiger charge is 2.32. The highest BCUT2D eigenvalue weighted by molar-refractivity contribution is 6.30. The van der Waals surface area contributed by atoms with E-state index in [1.165, 1.54) is 11.1 Å². The number of carbonyl (C=O) groups excluding carboxylic acids is 1. The zero-order chi connectivity index (χ0) is 22.5. The molecule has 5 heteroatoms. The van der Waals surface area contributed by atoms with Crippen LogP contribution in [0.2, 0.25) is 5.02 Å². The van der Waals surface area contributed by atoms with Crippen molar-refractivity contribution in [3.05, 3.63) is 82.5 Å². The largest absolute Gasteiger partial charge is 0.377 e. The lowest BCUT2D eigenvalue weighted by Crippen LogP contribution is -2.54. The second kappa shape index (κ2) is 10.5. The number of rotatable bonds is 7. The van der Waals surface area contributed by atoms with Crippen LogP contribution in [-0.4, -0.2) is 43.0 Å². The Bertz CT molecular complexity index is 936. The molecule has 170 valence electrons. The van der Waals surface area contributed by atoms with Crippen molar-refractivity contribution in [1.82, 2.24) is 15.5 Å². The molecular formula is C27H34ClN3O. The van der Waals surface area contributed by atoms with Gasteiger partial charge in [0.25, 0.3) is 0 Å². The van der Waals surface area contributed by atoms with Crippen molar-refractivity contribution >= 4 is 17.5 Å². The number of nitrogens with zero attached hydrogens (tertiary/aromatic N) is 1. The maximum absolute atomic E-state index is 13.5. The molecule has 0 saturated carbocycles. The van der Waals surface area contributed by atoms with Crippen LogP contribution in [0, 0.1) is 11.8 Å². The molecule has 32 heavy (non-hydrogen) atoms. The van der Waals surface area contributed by atoms with Gasteiger partial charge in [-0.2, -0.15) is 0 Å². The lowest BCUT2D eigenvalue weighted by molar-refractivity contribution is -0.133. The Kier molecular flexibility index (Phi) is 7.54. The minimum Gasteiger partial charge on any atom is -0.377 e. The van der Waals surface area contributed by atoms with Gasteiger partial charge in [0.2, 0.25) is 5.91 Å². The van der Waals surface area contributed by atoms with Gasteiger partial charge >= 0.3 is 0 Å². The van der Waals surface area contributed by atoms with Crippen LogP contribution in [0.3, 0.4) is 0 Å². The van der Waals surface area contributed by atoms with Crippen molar-refractivity contribution in [2.75, 3.05) is 26.2 Å². The highest BCUT2D eigenvalue weighted by atomic mass is 35.5. The van der Waals surface area contributed by atoms with Gasteiger partial charge < -0.3 is 15.5 Å². The van der Waals surface area contributed by atoms with Crippen LogP contribution in [-0.2, 0) is 24.1 Å². The lowest BCUT2D eigenvalue weighted by Gasteiger charge is -2.37. The predicted molar refractivity (Wildman–Crippen MR) is 132 cm³/mol. The molecule has 2 N–H and O–H groups in total. The van der Waals surface area contributed by atoms with Crippen molar-refractivity contribution in [1.29, 1.82) is 0 Å². The van der Waals surface area contributed by atoms with E-state index >= 15 is 0 Å². The maximum Gasteiger partial charge on any atom is 0.245 e. The molecule has 1 amide bonds. The normalized spacial score (nSPS) is 21.5. The number of carbonyl (C=O) groups is 1. The van der Waals surface area contributed by atoms with Crippen LogP contribution in [0.4, 0.5) is 0 Å². The quantitative estimate of drug-likeness (QED) is 0.662. The third-order valence-corrected chi connectivity index (χ3v) is 7.27. The molecule has 4 nitrogen and oxygen atoms in total. The number of benzene rings is 2. The van der Waals surface area contributed by atoms with Gasteiger partial charge in [-0.1, -0.05) is 67.9 Å². The molecule has 1 heterocycles. The topological polar surface area (TPSA) is 44.4 Å². The molecule has 1 saturated heterocycles. The fourth-order valence-electron chi connectivity index (χ4n) is 5.11. The van der Waals surface area contributed by atoms with Crippen LogP contribution in [0.5, 0.6) is 0 Å². The van der Waals surface area contributed by atoms with Crippen molar-refractivity contribution in [3.8, 4) is 0 Å². The van der Waals surface area contributed by atoms with E-state index in [4.69, 9.17) is 11.6 Å². The third kappa shape index (κ3) is 5.36. The number of hydrogen-bond donors (Lipinski definition) is 2. The Labute approximate surface area is 197 Å². The summed E-state index contributed by atoms with van der Waals surface area (Å²) in [6, 6.07) is 16.2. The van der Waals surface area contributed by atoms with Crippen molar-refractivity contribution in [3.63, 3.8) is 0 Å². The van der Waals surface area contributed by atoms with E-state index in [0.29, 0.717) is 23.3 Å². The smallest absolute Gasteiger partial charge is 0.245 e. The first-order valence-corrected chi connectivity index (χ1v) is 12.2. The Morgan fingerprint density at radius 3 is 2.44 bits per heavy atom. The van der Waals surface area contributed by atoms with E-state index in [1.807, 2.05) is 29.2 Å². The average molecular weight is 452 g/mol. The first-order chi connectivity index (χ1) is 15.5. The number of hydrogen-bond acceptors (Lipinski definition) is 3. The van der Waals surface area contributed by atoms with Gasteiger partial charge in [0.05, 0.1) is 0 Å². The maximum atomic E-state index is 13.5. The molecule has 0 spiro atoms. The van der Waals surface area contributed by atoms with E-state index < -0.39 is 0 Å². The molecule has 2 aliphatic rings. The van der Waals surface area contributed by atoms with Crippen molar-refractivity contribution in [2.45, 2.75) is 38.6 Å². The standard InChI is InChI=1S/C27H34ClN3O/c1-3-21-17-22-6-4-5-7-23(22)18-25(21)19(2)30-26(16-20-8-10-24(28)11-9-20)27(32)31-14-12-29-13-15-31/h4-11,21,25-26,29-30H,2-3,12-18H2,1H3. The Morgan fingerprint density at radius 2 is 1.78 bits per heavy atom. The molecule has 3 atom stereocenters. The molecule has 0 radical (unpaired) electrons. The van der Waals surface area contributed by atoms with Gasteiger partial charge in [0.1, 0.15) is 6.04 Å². The zero-order valence-electron chi connectivity index (χ0n) is 18.9. The predicted octanol–water partition coefficient (Wildman–Crippen LogP) is 4.23. The fraction of sp³-hybridized carbons (Fsp3) is 0.444. The third-order valence-electron chi connectivity index (χ3n) is 7.02.